The smallest absolute Gasteiger partial charge is 0.241 e. The van der Waals surface area contributed by atoms with Crippen LogP contribution in [-0.4, -0.2) is 48.1 Å². The van der Waals surface area contributed by atoms with Gasteiger partial charge in [0, 0.05) is 24.3 Å². The van der Waals surface area contributed by atoms with E-state index in [1.807, 2.05) is 25.1 Å². The summed E-state index contributed by atoms with van der Waals surface area (Å²) >= 11 is 4.93. The maximum Gasteiger partial charge on any atom is 0.241 e. The van der Waals surface area contributed by atoms with Gasteiger partial charge in [-0.1, -0.05) is 24.4 Å². The summed E-state index contributed by atoms with van der Waals surface area (Å²) in [5.74, 6) is -0.0352. The summed E-state index contributed by atoms with van der Waals surface area (Å²) in [7, 11) is 0. The molecule has 1 aliphatic rings. The average Bonchev–Trinajstić information content (AvgIpc) is 2.47. The number of rotatable bonds is 4. The van der Waals surface area contributed by atoms with Crippen LogP contribution >= 0.6 is 12.2 Å². The molecule has 1 unspecified atom stereocenters. The third-order valence-corrected chi connectivity index (χ3v) is 3.62. The van der Waals surface area contributed by atoms with Crippen LogP contribution in [0, 0.1) is 0 Å². The summed E-state index contributed by atoms with van der Waals surface area (Å²) < 4.78 is 5.29. The number of thiocarbonyl (C=S) groups is 1. The molecule has 0 aromatic heterocycles. The highest BCUT2D eigenvalue weighted by Crippen LogP contribution is 2.12. The van der Waals surface area contributed by atoms with Crippen LogP contribution in [0.1, 0.15) is 12.5 Å². The molecule has 1 atom stereocenters. The highest BCUT2D eigenvalue weighted by Gasteiger charge is 2.23. The maximum atomic E-state index is 12.2. The van der Waals surface area contributed by atoms with Crippen LogP contribution in [0.4, 0.5) is 5.69 Å². The lowest BCUT2D eigenvalue weighted by Gasteiger charge is -2.31. The number of benzene rings is 1. The van der Waals surface area contributed by atoms with Crippen molar-refractivity contribution in [3.8, 4) is 0 Å². The standard InChI is InChI=1S/C14H19N3O2S/c1-10(17-5-7-19-8-6-17)14(18)16-12-4-2-3-11(9-12)13(15)20/h2-4,9-10H,5-8H2,1H3,(H2,15,20)(H,16,18). The van der Waals surface area contributed by atoms with Crippen molar-refractivity contribution in [2.24, 2.45) is 5.73 Å². The normalized spacial score (nSPS) is 17.4. The molecule has 0 saturated carbocycles. The second kappa shape index (κ2) is 6.78. The van der Waals surface area contributed by atoms with E-state index in [2.05, 4.69) is 10.2 Å². The Morgan fingerprint density at radius 1 is 1.45 bits per heavy atom. The molecule has 1 aromatic rings. The van der Waals surface area contributed by atoms with Crippen LogP contribution in [0.5, 0.6) is 0 Å². The number of hydrogen-bond donors (Lipinski definition) is 2. The third-order valence-electron chi connectivity index (χ3n) is 3.39. The zero-order chi connectivity index (χ0) is 14.5. The lowest BCUT2D eigenvalue weighted by atomic mass is 10.2. The van der Waals surface area contributed by atoms with Crippen LogP contribution in [0.15, 0.2) is 24.3 Å². The zero-order valence-corrected chi connectivity index (χ0v) is 12.3. The van der Waals surface area contributed by atoms with Gasteiger partial charge in [-0.05, 0) is 19.1 Å². The van der Waals surface area contributed by atoms with Gasteiger partial charge in [0.05, 0.1) is 19.3 Å². The van der Waals surface area contributed by atoms with E-state index in [9.17, 15) is 4.79 Å². The highest BCUT2D eigenvalue weighted by molar-refractivity contribution is 7.80. The van der Waals surface area contributed by atoms with Gasteiger partial charge in [0.25, 0.3) is 0 Å². The first-order valence-corrected chi connectivity index (χ1v) is 7.01. The largest absolute Gasteiger partial charge is 0.389 e. The summed E-state index contributed by atoms with van der Waals surface area (Å²) in [6, 6.07) is 7.07. The Balaban J connectivity index is 1.99. The van der Waals surface area contributed by atoms with E-state index in [0.717, 1.165) is 18.7 Å². The van der Waals surface area contributed by atoms with Crippen LogP contribution < -0.4 is 11.1 Å². The fourth-order valence-corrected chi connectivity index (χ4v) is 2.25. The molecule has 0 spiro atoms. The first-order chi connectivity index (χ1) is 9.58. The summed E-state index contributed by atoms with van der Waals surface area (Å²) in [5.41, 5.74) is 7.04. The van der Waals surface area contributed by atoms with Gasteiger partial charge >= 0.3 is 0 Å². The molecule has 0 radical (unpaired) electrons. The fourth-order valence-electron chi connectivity index (χ4n) is 2.13. The molecule has 0 aliphatic carbocycles. The number of carbonyl (C=O) groups is 1. The number of morpholine rings is 1. The monoisotopic (exact) mass is 293 g/mol. The number of nitrogens with one attached hydrogen (secondary N) is 1. The number of hydrogen-bond acceptors (Lipinski definition) is 4. The molecule has 5 nitrogen and oxygen atoms in total. The van der Waals surface area contributed by atoms with Gasteiger partial charge in [0.1, 0.15) is 4.99 Å². The van der Waals surface area contributed by atoms with E-state index in [1.54, 1.807) is 6.07 Å². The molecular weight excluding hydrogens is 274 g/mol. The molecule has 0 bridgehead atoms. The topological polar surface area (TPSA) is 67.6 Å². The van der Waals surface area contributed by atoms with E-state index < -0.39 is 0 Å². The summed E-state index contributed by atoms with van der Waals surface area (Å²) in [6.45, 7) is 4.81. The lowest BCUT2D eigenvalue weighted by molar-refractivity contribution is -0.122. The number of amides is 1. The molecule has 20 heavy (non-hydrogen) atoms. The van der Waals surface area contributed by atoms with Gasteiger partial charge in [-0.25, -0.2) is 0 Å². The first kappa shape index (κ1) is 14.9. The van der Waals surface area contributed by atoms with E-state index in [-0.39, 0.29) is 11.9 Å². The van der Waals surface area contributed by atoms with Gasteiger partial charge < -0.3 is 15.8 Å². The van der Waals surface area contributed by atoms with Crippen LogP contribution in [-0.2, 0) is 9.53 Å². The number of anilines is 1. The predicted octanol–water partition coefficient (Wildman–Crippen LogP) is 0.980. The van der Waals surface area contributed by atoms with Crippen LogP contribution in [0.25, 0.3) is 0 Å². The van der Waals surface area contributed by atoms with Gasteiger partial charge in [-0.3, -0.25) is 9.69 Å². The Morgan fingerprint density at radius 3 is 2.80 bits per heavy atom. The fraction of sp³-hybridized carbons (Fsp3) is 0.429. The molecule has 2 rings (SSSR count). The molecule has 6 heteroatoms. The lowest BCUT2D eigenvalue weighted by Crippen LogP contribution is -2.47. The Kier molecular flexibility index (Phi) is 5.05. The van der Waals surface area contributed by atoms with Crippen molar-refractivity contribution >= 4 is 28.8 Å². The Labute approximate surface area is 124 Å². The van der Waals surface area contributed by atoms with Gasteiger partial charge in [-0.2, -0.15) is 0 Å². The summed E-state index contributed by atoms with van der Waals surface area (Å²) in [5, 5.41) is 2.90. The van der Waals surface area contributed by atoms with Gasteiger partial charge in [0.2, 0.25) is 5.91 Å². The van der Waals surface area contributed by atoms with Crippen LogP contribution in [0.2, 0.25) is 0 Å². The Hall–Kier alpha value is -1.50. The predicted molar refractivity (Wildman–Crippen MR) is 82.8 cm³/mol. The molecule has 1 amide bonds. The minimum absolute atomic E-state index is 0.0352. The molecule has 1 heterocycles. The van der Waals surface area contributed by atoms with Gasteiger partial charge in [0.15, 0.2) is 0 Å². The molecule has 1 fully saturated rings. The quantitative estimate of drug-likeness (QED) is 0.810. The molecule has 3 N–H and O–H groups in total. The van der Waals surface area contributed by atoms with E-state index >= 15 is 0 Å². The first-order valence-electron chi connectivity index (χ1n) is 6.60. The van der Waals surface area contributed by atoms with Crippen molar-refractivity contribution in [3.05, 3.63) is 29.8 Å². The van der Waals surface area contributed by atoms with Crippen molar-refractivity contribution in [2.75, 3.05) is 31.6 Å². The molecule has 1 aromatic carbocycles. The van der Waals surface area contributed by atoms with E-state index in [4.69, 9.17) is 22.7 Å². The van der Waals surface area contributed by atoms with Crippen molar-refractivity contribution in [3.63, 3.8) is 0 Å². The molecule has 1 saturated heterocycles. The highest BCUT2D eigenvalue weighted by atomic mass is 32.1. The Morgan fingerprint density at radius 2 is 2.15 bits per heavy atom. The van der Waals surface area contributed by atoms with Crippen molar-refractivity contribution in [2.45, 2.75) is 13.0 Å². The second-order valence-electron chi connectivity index (χ2n) is 4.76. The molecular formula is C14H19N3O2S. The minimum Gasteiger partial charge on any atom is -0.389 e. The van der Waals surface area contributed by atoms with Crippen molar-refractivity contribution < 1.29 is 9.53 Å². The third kappa shape index (κ3) is 3.75. The van der Waals surface area contributed by atoms with E-state index in [1.165, 1.54) is 0 Å². The number of nitrogens with two attached hydrogens (primary N) is 1. The maximum absolute atomic E-state index is 12.2. The van der Waals surface area contributed by atoms with Crippen LogP contribution in [0.3, 0.4) is 0 Å². The molecule has 1 aliphatic heterocycles. The summed E-state index contributed by atoms with van der Waals surface area (Å²) in [4.78, 5) is 14.7. The number of carbonyl (C=O) groups excluding carboxylic acids is 1. The van der Waals surface area contributed by atoms with E-state index in [0.29, 0.717) is 23.9 Å². The average molecular weight is 293 g/mol. The van der Waals surface area contributed by atoms with Gasteiger partial charge in [-0.15, -0.1) is 0 Å². The second-order valence-corrected chi connectivity index (χ2v) is 5.20. The number of nitrogens with zero attached hydrogens (tertiary/aromatic N) is 1. The van der Waals surface area contributed by atoms with Crippen molar-refractivity contribution in [1.82, 2.24) is 4.90 Å². The Bertz CT molecular complexity index is 501. The zero-order valence-electron chi connectivity index (χ0n) is 11.5. The SMILES string of the molecule is CC(C(=O)Nc1cccc(C(N)=S)c1)N1CCOCC1. The van der Waals surface area contributed by atoms with Crippen molar-refractivity contribution in [1.29, 1.82) is 0 Å². The number of ether oxygens (including phenoxy) is 1. The molecule has 108 valence electrons. The summed E-state index contributed by atoms with van der Waals surface area (Å²) in [6.07, 6.45) is 0. The minimum atomic E-state index is -0.188.